The van der Waals surface area contributed by atoms with E-state index in [0.717, 1.165) is 0 Å². The number of rotatable bonds is 4. The molecule has 66 valence electrons. The number of likely N-dealkylation sites (N-methyl/N-ethyl adjacent to an activating group) is 1. The number of hydrogen-bond donors (Lipinski definition) is 2. The van der Waals surface area contributed by atoms with Crippen LogP contribution in [0.25, 0.3) is 0 Å². The van der Waals surface area contributed by atoms with Crippen LogP contribution in [0.2, 0.25) is 0 Å². The zero-order valence-electron chi connectivity index (χ0n) is 8.05. The summed E-state index contributed by atoms with van der Waals surface area (Å²) in [6.07, 6.45) is 0.145. The van der Waals surface area contributed by atoms with Gasteiger partial charge in [0.1, 0.15) is 0 Å². The fourth-order valence-corrected chi connectivity index (χ4v) is 0.803. The predicted octanol–water partition coefficient (Wildman–Crippen LogP) is -4.51. The molecule has 0 spiro atoms. The van der Waals surface area contributed by atoms with E-state index in [0.29, 0.717) is 0 Å². The summed E-state index contributed by atoms with van der Waals surface area (Å²) in [5, 5.41) is 22.1. The standard InChI is InChI=1S/C7H15NO3.Na/c1-7(2,11)4-5(8-3)6(9)10;/h5,8,11H,4H2,1-3H3,(H,9,10);/q;+1/p-1. The molecule has 0 heterocycles. The van der Waals surface area contributed by atoms with Crippen LogP contribution in [-0.2, 0) is 4.79 Å². The summed E-state index contributed by atoms with van der Waals surface area (Å²) in [6, 6.07) is -0.782. The maximum atomic E-state index is 10.3. The Labute approximate surface area is 94.6 Å². The minimum atomic E-state index is -1.19. The molecule has 0 amide bonds. The van der Waals surface area contributed by atoms with Crippen molar-refractivity contribution in [3.63, 3.8) is 0 Å². The van der Waals surface area contributed by atoms with Crippen molar-refractivity contribution in [1.82, 2.24) is 5.32 Å². The fraction of sp³-hybridized carbons (Fsp3) is 0.857. The van der Waals surface area contributed by atoms with Crippen molar-refractivity contribution >= 4 is 5.97 Å². The number of aliphatic carboxylic acids is 1. The van der Waals surface area contributed by atoms with E-state index in [9.17, 15) is 15.0 Å². The molecule has 4 nitrogen and oxygen atoms in total. The molecular formula is C7H14NNaO3. The smallest absolute Gasteiger partial charge is 0.548 e. The van der Waals surface area contributed by atoms with E-state index in [2.05, 4.69) is 5.32 Å². The Bertz CT molecular complexity index is 144. The van der Waals surface area contributed by atoms with Gasteiger partial charge in [-0.15, -0.1) is 0 Å². The van der Waals surface area contributed by atoms with Gasteiger partial charge in [0.2, 0.25) is 0 Å². The van der Waals surface area contributed by atoms with Crippen LogP contribution in [0.15, 0.2) is 0 Å². The molecule has 0 aliphatic rings. The van der Waals surface area contributed by atoms with Crippen molar-refractivity contribution in [3.8, 4) is 0 Å². The Hall–Kier alpha value is 0.390. The van der Waals surface area contributed by atoms with Crippen LogP contribution in [0.5, 0.6) is 0 Å². The maximum absolute atomic E-state index is 10.3. The summed E-state index contributed by atoms with van der Waals surface area (Å²) in [5.41, 5.74) is -0.978. The van der Waals surface area contributed by atoms with Crippen LogP contribution in [0.3, 0.4) is 0 Å². The first-order chi connectivity index (χ1) is 4.87. The number of carbonyl (C=O) groups excluding carboxylic acids is 1. The molecule has 0 rings (SSSR count). The molecule has 0 aliphatic carbocycles. The molecule has 0 fully saturated rings. The normalized spacial score (nSPS) is 13.3. The summed E-state index contributed by atoms with van der Waals surface area (Å²) in [5.74, 6) is -1.19. The summed E-state index contributed by atoms with van der Waals surface area (Å²) in [4.78, 5) is 10.3. The topological polar surface area (TPSA) is 72.4 Å². The fourth-order valence-electron chi connectivity index (χ4n) is 0.803. The van der Waals surface area contributed by atoms with Crippen LogP contribution in [0, 0.1) is 0 Å². The van der Waals surface area contributed by atoms with Crippen molar-refractivity contribution in [2.45, 2.75) is 31.9 Å². The van der Waals surface area contributed by atoms with Crippen molar-refractivity contribution in [3.05, 3.63) is 0 Å². The number of carboxylic acid groups (broad SMARTS) is 1. The third-order valence-corrected chi connectivity index (χ3v) is 1.34. The van der Waals surface area contributed by atoms with E-state index in [1.54, 1.807) is 13.8 Å². The number of aliphatic hydroxyl groups is 1. The van der Waals surface area contributed by atoms with Gasteiger partial charge in [-0.1, -0.05) is 0 Å². The van der Waals surface area contributed by atoms with Gasteiger partial charge in [0.15, 0.2) is 0 Å². The second-order valence-electron chi connectivity index (χ2n) is 3.18. The SMILES string of the molecule is CNC(CC(C)(C)O)C(=O)[O-].[Na+]. The molecule has 0 aliphatic heterocycles. The molecule has 1 atom stereocenters. The van der Waals surface area contributed by atoms with Crippen LogP contribution in [0.1, 0.15) is 20.3 Å². The first-order valence-electron chi connectivity index (χ1n) is 3.47. The van der Waals surface area contributed by atoms with E-state index in [-0.39, 0.29) is 36.0 Å². The maximum Gasteiger partial charge on any atom is 1.00 e. The quantitative estimate of drug-likeness (QED) is 0.431. The summed E-state index contributed by atoms with van der Waals surface area (Å²) < 4.78 is 0. The molecule has 0 aromatic heterocycles. The third-order valence-electron chi connectivity index (χ3n) is 1.34. The molecule has 12 heavy (non-hydrogen) atoms. The van der Waals surface area contributed by atoms with E-state index in [1.165, 1.54) is 7.05 Å². The number of carboxylic acids is 1. The average Bonchev–Trinajstić information content (AvgIpc) is 1.80. The van der Waals surface area contributed by atoms with E-state index < -0.39 is 17.6 Å². The van der Waals surface area contributed by atoms with Gasteiger partial charge in [0.05, 0.1) is 11.6 Å². The minimum absolute atomic E-state index is 0. The largest absolute Gasteiger partial charge is 1.00 e. The zero-order valence-corrected chi connectivity index (χ0v) is 10.0. The van der Waals surface area contributed by atoms with E-state index in [4.69, 9.17) is 0 Å². The summed E-state index contributed by atoms with van der Waals surface area (Å²) in [7, 11) is 1.52. The van der Waals surface area contributed by atoms with Crippen LogP contribution >= 0.6 is 0 Å². The van der Waals surface area contributed by atoms with Gasteiger partial charge in [-0.05, 0) is 27.3 Å². The molecular weight excluding hydrogens is 169 g/mol. The molecule has 0 saturated carbocycles. The van der Waals surface area contributed by atoms with Gasteiger partial charge in [-0.3, -0.25) is 0 Å². The second kappa shape index (κ2) is 5.94. The molecule has 0 radical (unpaired) electrons. The number of hydrogen-bond acceptors (Lipinski definition) is 4. The molecule has 0 aromatic rings. The van der Waals surface area contributed by atoms with Gasteiger partial charge in [-0.25, -0.2) is 0 Å². The average molecular weight is 183 g/mol. The number of carbonyl (C=O) groups is 1. The predicted molar refractivity (Wildman–Crippen MR) is 38.8 cm³/mol. The monoisotopic (exact) mass is 183 g/mol. The Kier molecular flexibility index (Phi) is 7.37. The minimum Gasteiger partial charge on any atom is -0.548 e. The van der Waals surface area contributed by atoms with Crippen LogP contribution in [-0.4, -0.2) is 29.8 Å². The molecule has 0 aromatic carbocycles. The van der Waals surface area contributed by atoms with Gasteiger partial charge in [0, 0.05) is 6.04 Å². The van der Waals surface area contributed by atoms with Crippen molar-refractivity contribution in [2.24, 2.45) is 0 Å². The molecule has 0 bridgehead atoms. The van der Waals surface area contributed by atoms with Crippen molar-refractivity contribution < 1.29 is 44.6 Å². The van der Waals surface area contributed by atoms with Gasteiger partial charge in [0.25, 0.3) is 0 Å². The first kappa shape index (κ1) is 14.9. The molecule has 1 unspecified atom stereocenters. The van der Waals surface area contributed by atoms with Crippen molar-refractivity contribution in [2.75, 3.05) is 7.05 Å². The Morgan fingerprint density at radius 3 is 2.17 bits per heavy atom. The summed E-state index contributed by atoms with van der Waals surface area (Å²) >= 11 is 0. The Morgan fingerprint density at radius 1 is 1.67 bits per heavy atom. The third kappa shape index (κ3) is 7.06. The molecule has 2 N–H and O–H groups in total. The zero-order chi connectivity index (χ0) is 9.07. The summed E-state index contributed by atoms with van der Waals surface area (Å²) in [6.45, 7) is 3.11. The van der Waals surface area contributed by atoms with Gasteiger partial charge < -0.3 is 20.3 Å². The molecule has 5 heteroatoms. The Balaban J connectivity index is 0. The van der Waals surface area contributed by atoms with E-state index in [1.807, 2.05) is 0 Å². The van der Waals surface area contributed by atoms with Crippen LogP contribution in [0.4, 0.5) is 0 Å². The van der Waals surface area contributed by atoms with Gasteiger partial charge in [-0.2, -0.15) is 0 Å². The first-order valence-corrected chi connectivity index (χ1v) is 3.47. The second-order valence-corrected chi connectivity index (χ2v) is 3.18. The van der Waals surface area contributed by atoms with E-state index >= 15 is 0 Å². The molecule has 0 saturated heterocycles. The van der Waals surface area contributed by atoms with Crippen LogP contribution < -0.4 is 40.0 Å². The van der Waals surface area contributed by atoms with Gasteiger partial charge >= 0.3 is 29.6 Å². The number of nitrogens with one attached hydrogen (secondary N) is 1. The Morgan fingerprint density at radius 2 is 2.08 bits per heavy atom. The van der Waals surface area contributed by atoms with Crippen molar-refractivity contribution in [1.29, 1.82) is 0 Å².